The van der Waals surface area contributed by atoms with E-state index in [0.717, 1.165) is 0 Å². The standard InChI is InChI=1S/C20H23N5O3/c1-14(26)22-17-4-3-5-18(13-17)23-20(28)16-6-7-21-19(12-16)25-10-8-24(9-11-25)15(2)27/h3-7,12-13H,8-11H2,1-2H3,(H,22,26)(H,23,28). The number of carbonyl (C=O) groups excluding carboxylic acids is 3. The third-order valence-corrected chi connectivity index (χ3v) is 4.50. The molecule has 8 heteroatoms. The summed E-state index contributed by atoms with van der Waals surface area (Å²) in [5.74, 6) is 0.350. The van der Waals surface area contributed by atoms with Gasteiger partial charge in [-0.05, 0) is 30.3 Å². The van der Waals surface area contributed by atoms with Crippen LogP contribution in [0, 0.1) is 0 Å². The Kier molecular flexibility index (Phi) is 5.88. The Hall–Kier alpha value is -3.42. The number of carbonyl (C=O) groups is 3. The van der Waals surface area contributed by atoms with E-state index in [-0.39, 0.29) is 17.7 Å². The average molecular weight is 381 g/mol. The molecule has 1 saturated heterocycles. The molecule has 0 spiro atoms. The minimum atomic E-state index is -0.258. The molecule has 0 atom stereocenters. The predicted octanol–water partition coefficient (Wildman–Crippen LogP) is 1.96. The first-order valence-corrected chi connectivity index (χ1v) is 9.08. The molecule has 28 heavy (non-hydrogen) atoms. The van der Waals surface area contributed by atoms with Crippen LogP contribution < -0.4 is 15.5 Å². The maximum absolute atomic E-state index is 12.6. The van der Waals surface area contributed by atoms with E-state index in [1.807, 2.05) is 0 Å². The lowest BCUT2D eigenvalue weighted by Crippen LogP contribution is -2.48. The van der Waals surface area contributed by atoms with Gasteiger partial charge in [0, 0.05) is 63.2 Å². The zero-order chi connectivity index (χ0) is 20.1. The van der Waals surface area contributed by atoms with Crippen LogP contribution in [0.5, 0.6) is 0 Å². The van der Waals surface area contributed by atoms with Crippen LogP contribution in [0.1, 0.15) is 24.2 Å². The summed E-state index contributed by atoms with van der Waals surface area (Å²) in [6.07, 6.45) is 1.61. The predicted molar refractivity (Wildman–Crippen MR) is 107 cm³/mol. The lowest BCUT2D eigenvalue weighted by molar-refractivity contribution is -0.129. The van der Waals surface area contributed by atoms with Gasteiger partial charge in [0.15, 0.2) is 0 Å². The van der Waals surface area contributed by atoms with Gasteiger partial charge in [0.05, 0.1) is 0 Å². The van der Waals surface area contributed by atoms with Crippen molar-refractivity contribution in [2.24, 2.45) is 0 Å². The van der Waals surface area contributed by atoms with Gasteiger partial charge in [-0.15, -0.1) is 0 Å². The van der Waals surface area contributed by atoms with Crippen molar-refractivity contribution in [3.8, 4) is 0 Å². The molecule has 2 N–H and O–H groups in total. The second-order valence-corrected chi connectivity index (χ2v) is 6.61. The van der Waals surface area contributed by atoms with Gasteiger partial charge in [0.25, 0.3) is 5.91 Å². The molecule has 0 aliphatic carbocycles. The molecule has 1 aliphatic heterocycles. The molecule has 1 aromatic carbocycles. The van der Waals surface area contributed by atoms with Crippen molar-refractivity contribution in [1.82, 2.24) is 9.88 Å². The van der Waals surface area contributed by atoms with Crippen molar-refractivity contribution in [2.45, 2.75) is 13.8 Å². The van der Waals surface area contributed by atoms with Gasteiger partial charge in [0.2, 0.25) is 11.8 Å². The van der Waals surface area contributed by atoms with E-state index in [1.54, 1.807) is 54.4 Å². The summed E-state index contributed by atoms with van der Waals surface area (Å²) in [6, 6.07) is 10.4. The molecule has 146 valence electrons. The molecule has 0 radical (unpaired) electrons. The Balaban J connectivity index is 1.68. The zero-order valence-corrected chi connectivity index (χ0v) is 15.9. The molecule has 3 rings (SSSR count). The molecule has 1 fully saturated rings. The van der Waals surface area contributed by atoms with Crippen LogP contribution >= 0.6 is 0 Å². The summed E-state index contributed by atoms with van der Waals surface area (Å²) in [5, 5.41) is 5.52. The molecule has 0 bridgehead atoms. The third kappa shape index (κ3) is 4.85. The molecule has 0 saturated carbocycles. The number of amides is 3. The Morgan fingerprint density at radius 2 is 1.61 bits per heavy atom. The summed E-state index contributed by atoms with van der Waals surface area (Å²) in [7, 11) is 0. The summed E-state index contributed by atoms with van der Waals surface area (Å²) in [4.78, 5) is 43.5. The van der Waals surface area contributed by atoms with Gasteiger partial charge >= 0.3 is 0 Å². The normalized spacial score (nSPS) is 13.8. The lowest BCUT2D eigenvalue weighted by atomic mass is 10.2. The monoisotopic (exact) mass is 381 g/mol. The van der Waals surface area contributed by atoms with Crippen LogP contribution in [-0.2, 0) is 9.59 Å². The van der Waals surface area contributed by atoms with Gasteiger partial charge in [-0.3, -0.25) is 14.4 Å². The number of aromatic nitrogens is 1. The van der Waals surface area contributed by atoms with Crippen LogP contribution in [0.3, 0.4) is 0 Å². The van der Waals surface area contributed by atoms with Gasteiger partial charge in [-0.1, -0.05) is 6.07 Å². The Labute approximate surface area is 163 Å². The quantitative estimate of drug-likeness (QED) is 0.844. The fourth-order valence-corrected chi connectivity index (χ4v) is 3.06. The summed E-state index contributed by atoms with van der Waals surface area (Å²) >= 11 is 0. The maximum atomic E-state index is 12.6. The highest BCUT2D eigenvalue weighted by molar-refractivity contribution is 6.05. The Morgan fingerprint density at radius 1 is 0.929 bits per heavy atom. The third-order valence-electron chi connectivity index (χ3n) is 4.50. The average Bonchev–Trinajstić information content (AvgIpc) is 2.68. The van der Waals surface area contributed by atoms with Crippen LogP contribution in [0.25, 0.3) is 0 Å². The van der Waals surface area contributed by atoms with Crippen molar-refractivity contribution >= 4 is 34.9 Å². The van der Waals surface area contributed by atoms with E-state index >= 15 is 0 Å². The number of nitrogens with zero attached hydrogens (tertiary/aromatic N) is 3. The van der Waals surface area contributed by atoms with E-state index < -0.39 is 0 Å². The van der Waals surface area contributed by atoms with Crippen LogP contribution in [0.15, 0.2) is 42.6 Å². The van der Waals surface area contributed by atoms with Crippen LogP contribution in [0.4, 0.5) is 17.2 Å². The highest BCUT2D eigenvalue weighted by Crippen LogP contribution is 2.18. The van der Waals surface area contributed by atoms with Crippen molar-refractivity contribution < 1.29 is 14.4 Å². The molecular weight excluding hydrogens is 358 g/mol. The van der Waals surface area contributed by atoms with E-state index in [2.05, 4.69) is 20.5 Å². The van der Waals surface area contributed by atoms with Crippen LogP contribution in [-0.4, -0.2) is 53.8 Å². The first kappa shape index (κ1) is 19.3. The highest BCUT2D eigenvalue weighted by atomic mass is 16.2. The second-order valence-electron chi connectivity index (χ2n) is 6.61. The largest absolute Gasteiger partial charge is 0.353 e. The zero-order valence-electron chi connectivity index (χ0n) is 15.9. The molecular formula is C20H23N5O3. The van der Waals surface area contributed by atoms with Crippen molar-refractivity contribution in [3.05, 3.63) is 48.2 Å². The Bertz CT molecular complexity index is 891. The highest BCUT2D eigenvalue weighted by Gasteiger charge is 2.20. The van der Waals surface area contributed by atoms with Gasteiger partial charge in [0.1, 0.15) is 5.82 Å². The fraction of sp³-hybridized carbons (Fsp3) is 0.300. The minimum Gasteiger partial charge on any atom is -0.353 e. The molecule has 2 heterocycles. The SMILES string of the molecule is CC(=O)Nc1cccc(NC(=O)c2ccnc(N3CCN(C(C)=O)CC3)c2)c1. The van der Waals surface area contributed by atoms with Crippen molar-refractivity contribution in [3.63, 3.8) is 0 Å². The molecule has 3 amide bonds. The minimum absolute atomic E-state index is 0.0715. The number of rotatable bonds is 4. The lowest BCUT2D eigenvalue weighted by Gasteiger charge is -2.35. The molecule has 0 unspecified atom stereocenters. The van der Waals surface area contributed by atoms with E-state index in [4.69, 9.17) is 0 Å². The molecule has 1 aliphatic rings. The molecule has 8 nitrogen and oxygen atoms in total. The summed E-state index contributed by atoms with van der Waals surface area (Å²) < 4.78 is 0. The summed E-state index contributed by atoms with van der Waals surface area (Å²) in [5.41, 5.74) is 1.69. The van der Waals surface area contributed by atoms with Crippen molar-refractivity contribution in [1.29, 1.82) is 0 Å². The summed E-state index contributed by atoms with van der Waals surface area (Å²) in [6.45, 7) is 5.64. The van der Waals surface area contributed by atoms with Gasteiger partial charge in [-0.25, -0.2) is 4.98 Å². The van der Waals surface area contributed by atoms with E-state index in [9.17, 15) is 14.4 Å². The van der Waals surface area contributed by atoms with E-state index in [0.29, 0.717) is 48.9 Å². The topological polar surface area (TPSA) is 94.6 Å². The van der Waals surface area contributed by atoms with Gasteiger partial charge in [-0.2, -0.15) is 0 Å². The number of hydrogen-bond acceptors (Lipinski definition) is 5. The Morgan fingerprint density at radius 3 is 2.25 bits per heavy atom. The first-order valence-electron chi connectivity index (χ1n) is 9.08. The fourth-order valence-electron chi connectivity index (χ4n) is 3.06. The van der Waals surface area contributed by atoms with Crippen LogP contribution in [0.2, 0.25) is 0 Å². The van der Waals surface area contributed by atoms with Crippen molar-refractivity contribution in [2.75, 3.05) is 41.7 Å². The number of anilines is 3. The number of pyridine rings is 1. The number of nitrogens with one attached hydrogen (secondary N) is 2. The number of benzene rings is 1. The molecule has 1 aromatic heterocycles. The smallest absolute Gasteiger partial charge is 0.255 e. The molecule has 2 aromatic rings. The maximum Gasteiger partial charge on any atom is 0.255 e. The number of piperazine rings is 1. The number of hydrogen-bond donors (Lipinski definition) is 2. The van der Waals surface area contributed by atoms with E-state index in [1.165, 1.54) is 6.92 Å². The van der Waals surface area contributed by atoms with Gasteiger partial charge < -0.3 is 20.4 Å². The second kappa shape index (κ2) is 8.51. The first-order chi connectivity index (χ1) is 13.4.